The number of ketones is 1. The number of aryl methyl sites for hydroxylation is 2. The third kappa shape index (κ3) is 2.40. The predicted molar refractivity (Wildman–Crippen MR) is 96.5 cm³/mol. The molecule has 2 amide bonds. The third-order valence-corrected chi connectivity index (χ3v) is 5.11. The number of oxime groups is 1. The van der Waals surface area contributed by atoms with E-state index in [4.69, 9.17) is 4.84 Å². The number of nitrogens with zero attached hydrogens (tertiary/aromatic N) is 4. The van der Waals surface area contributed by atoms with E-state index in [1.165, 1.54) is 6.92 Å². The van der Waals surface area contributed by atoms with Crippen LogP contribution in [0.3, 0.4) is 0 Å². The number of imide groups is 1. The number of carbonyl (C=O) groups is 3. The van der Waals surface area contributed by atoms with Crippen LogP contribution in [-0.4, -0.2) is 39.2 Å². The highest BCUT2D eigenvalue weighted by Gasteiger charge is 2.56. The molecule has 0 unspecified atom stereocenters. The van der Waals surface area contributed by atoms with Gasteiger partial charge in [0.2, 0.25) is 12.0 Å². The zero-order valence-electron chi connectivity index (χ0n) is 15.4. The van der Waals surface area contributed by atoms with Crippen LogP contribution in [0.4, 0.5) is 5.69 Å². The van der Waals surface area contributed by atoms with E-state index in [1.807, 2.05) is 20.9 Å². The molecule has 8 heteroatoms. The van der Waals surface area contributed by atoms with Gasteiger partial charge in [-0.05, 0) is 45.0 Å². The van der Waals surface area contributed by atoms with Crippen molar-refractivity contribution in [1.29, 1.82) is 0 Å². The summed E-state index contributed by atoms with van der Waals surface area (Å²) in [5.41, 5.74) is 3.66. The maximum atomic E-state index is 13.1. The minimum Gasteiger partial charge on any atom is -0.381 e. The Balaban J connectivity index is 1.71. The van der Waals surface area contributed by atoms with E-state index in [1.54, 1.807) is 28.9 Å². The molecule has 1 aromatic heterocycles. The van der Waals surface area contributed by atoms with Gasteiger partial charge in [0.05, 0.1) is 11.4 Å². The maximum absolute atomic E-state index is 13.1. The van der Waals surface area contributed by atoms with E-state index < -0.39 is 17.9 Å². The Morgan fingerprint density at radius 2 is 1.78 bits per heavy atom. The van der Waals surface area contributed by atoms with Crippen molar-refractivity contribution in [3.05, 3.63) is 46.8 Å². The number of fused-ring (bicyclic) bond motifs is 1. The van der Waals surface area contributed by atoms with Crippen molar-refractivity contribution in [2.24, 2.45) is 18.1 Å². The summed E-state index contributed by atoms with van der Waals surface area (Å²) in [6, 6.07) is 6.37. The standard InChI is InChI=1S/C19H18N4O4/c1-9-14(10(2)22(4)20-9)16-15-17(27-21-16)19(26)23(18(15)25)13-7-5-12(6-8-13)11(3)24/h5-8,15,17H,1-4H3/t15-,17+/m1/s1. The second kappa shape index (κ2) is 5.87. The number of hydrogen-bond acceptors (Lipinski definition) is 6. The molecule has 3 heterocycles. The normalized spacial score (nSPS) is 21.3. The molecule has 0 aliphatic carbocycles. The first kappa shape index (κ1) is 17.1. The van der Waals surface area contributed by atoms with Crippen LogP contribution >= 0.6 is 0 Å². The number of hydrogen-bond donors (Lipinski definition) is 0. The second-order valence-electron chi connectivity index (χ2n) is 6.76. The van der Waals surface area contributed by atoms with E-state index in [-0.39, 0.29) is 11.7 Å². The second-order valence-corrected chi connectivity index (χ2v) is 6.76. The summed E-state index contributed by atoms with van der Waals surface area (Å²) < 4.78 is 1.71. The lowest BCUT2D eigenvalue weighted by Crippen LogP contribution is -2.33. The molecule has 2 aliphatic heterocycles. The van der Waals surface area contributed by atoms with Gasteiger partial charge in [-0.1, -0.05) is 5.16 Å². The molecule has 0 bridgehead atoms. The average Bonchev–Trinajstić information content (AvgIpc) is 3.23. The number of benzene rings is 1. The Kier molecular flexibility index (Phi) is 3.73. The molecule has 4 rings (SSSR count). The Labute approximate surface area is 155 Å². The van der Waals surface area contributed by atoms with Gasteiger partial charge in [-0.3, -0.25) is 19.1 Å². The smallest absolute Gasteiger partial charge is 0.278 e. The molecule has 8 nitrogen and oxygen atoms in total. The van der Waals surface area contributed by atoms with E-state index >= 15 is 0 Å². The van der Waals surface area contributed by atoms with Crippen molar-refractivity contribution in [3.8, 4) is 0 Å². The minimum atomic E-state index is -0.973. The largest absolute Gasteiger partial charge is 0.381 e. The molecule has 2 atom stereocenters. The lowest BCUT2D eigenvalue weighted by Gasteiger charge is -2.15. The fourth-order valence-corrected chi connectivity index (χ4v) is 3.63. The number of amides is 2. The molecule has 0 N–H and O–H groups in total. The van der Waals surface area contributed by atoms with Gasteiger partial charge in [-0.2, -0.15) is 5.10 Å². The molecule has 0 radical (unpaired) electrons. The molecule has 2 aromatic rings. The number of aromatic nitrogens is 2. The molecular weight excluding hydrogens is 348 g/mol. The summed E-state index contributed by atoms with van der Waals surface area (Å²) in [7, 11) is 1.81. The Morgan fingerprint density at radius 1 is 1.11 bits per heavy atom. The molecule has 1 saturated heterocycles. The first-order chi connectivity index (χ1) is 12.8. The summed E-state index contributed by atoms with van der Waals surface area (Å²) in [5.74, 6) is -1.73. The van der Waals surface area contributed by atoms with E-state index in [9.17, 15) is 14.4 Å². The quantitative estimate of drug-likeness (QED) is 0.607. The molecule has 0 saturated carbocycles. The molecule has 0 spiro atoms. The van der Waals surface area contributed by atoms with Gasteiger partial charge in [0.15, 0.2) is 5.78 Å². The van der Waals surface area contributed by atoms with Gasteiger partial charge in [0.25, 0.3) is 5.91 Å². The summed E-state index contributed by atoms with van der Waals surface area (Å²) in [6.45, 7) is 5.17. The van der Waals surface area contributed by atoms with E-state index in [0.717, 1.165) is 21.9 Å². The van der Waals surface area contributed by atoms with Crippen LogP contribution in [0.1, 0.15) is 34.2 Å². The molecule has 2 aliphatic rings. The van der Waals surface area contributed by atoms with Crippen LogP contribution in [0.5, 0.6) is 0 Å². The molecule has 27 heavy (non-hydrogen) atoms. The highest BCUT2D eigenvalue weighted by molar-refractivity contribution is 6.32. The van der Waals surface area contributed by atoms with Crippen LogP contribution in [0, 0.1) is 19.8 Å². The van der Waals surface area contributed by atoms with E-state index in [2.05, 4.69) is 10.3 Å². The number of carbonyl (C=O) groups excluding carboxylic acids is 3. The summed E-state index contributed by atoms with van der Waals surface area (Å²) >= 11 is 0. The summed E-state index contributed by atoms with van der Waals surface area (Å²) in [4.78, 5) is 43.8. The van der Waals surface area contributed by atoms with Crippen LogP contribution in [0.15, 0.2) is 29.4 Å². The van der Waals surface area contributed by atoms with E-state index in [0.29, 0.717) is 17.0 Å². The topological polar surface area (TPSA) is 93.9 Å². The van der Waals surface area contributed by atoms with Gasteiger partial charge in [0, 0.05) is 23.9 Å². The van der Waals surface area contributed by atoms with Crippen molar-refractivity contribution < 1.29 is 19.2 Å². The first-order valence-electron chi connectivity index (χ1n) is 8.54. The Morgan fingerprint density at radius 3 is 2.33 bits per heavy atom. The Bertz CT molecular complexity index is 1020. The van der Waals surface area contributed by atoms with Gasteiger partial charge >= 0.3 is 0 Å². The average molecular weight is 366 g/mol. The van der Waals surface area contributed by atoms with Crippen LogP contribution in [0.25, 0.3) is 0 Å². The molecule has 1 aromatic carbocycles. The fraction of sp³-hybridized carbons (Fsp3) is 0.316. The third-order valence-electron chi connectivity index (χ3n) is 5.11. The van der Waals surface area contributed by atoms with Crippen molar-refractivity contribution in [3.63, 3.8) is 0 Å². The number of anilines is 1. The highest BCUT2D eigenvalue weighted by Crippen LogP contribution is 2.36. The fourth-order valence-electron chi connectivity index (χ4n) is 3.63. The zero-order valence-corrected chi connectivity index (χ0v) is 15.4. The molecular formula is C19H18N4O4. The number of rotatable bonds is 3. The predicted octanol–water partition coefficient (Wildman–Crippen LogP) is 1.53. The maximum Gasteiger partial charge on any atom is 0.278 e. The first-order valence-corrected chi connectivity index (χ1v) is 8.54. The highest BCUT2D eigenvalue weighted by atomic mass is 16.6. The zero-order chi connectivity index (χ0) is 19.5. The van der Waals surface area contributed by atoms with Crippen molar-refractivity contribution in [1.82, 2.24) is 9.78 Å². The lowest BCUT2D eigenvalue weighted by molar-refractivity contribution is -0.126. The van der Waals surface area contributed by atoms with Crippen LogP contribution < -0.4 is 4.90 Å². The van der Waals surface area contributed by atoms with Gasteiger partial charge in [-0.25, -0.2) is 4.90 Å². The van der Waals surface area contributed by atoms with Crippen molar-refractivity contribution >= 4 is 29.0 Å². The Hall–Kier alpha value is -3.29. The minimum absolute atomic E-state index is 0.0854. The van der Waals surface area contributed by atoms with Crippen molar-refractivity contribution in [2.75, 3.05) is 4.90 Å². The van der Waals surface area contributed by atoms with Crippen LogP contribution in [-0.2, 0) is 21.5 Å². The van der Waals surface area contributed by atoms with Crippen LogP contribution in [0.2, 0.25) is 0 Å². The monoisotopic (exact) mass is 366 g/mol. The molecule has 1 fully saturated rings. The van der Waals surface area contributed by atoms with Gasteiger partial charge in [0.1, 0.15) is 11.6 Å². The van der Waals surface area contributed by atoms with Gasteiger partial charge < -0.3 is 4.84 Å². The molecule has 138 valence electrons. The van der Waals surface area contributed by atoms with Crippen molar-refractivity contribution in [2.45, 2.75) is 26.9 Å². The number of Topliss-reactive ketones (excluding diaryl/α,β-unsaturated/α-hetero) is 1. The summed E-state index contributed by atoms with van der Waals surface area (Å²) in [6.07, 6.45) is -0.973. The lowest BCUT2D eigenvalue weighted by atomic mass is 9.93. The van der Waals surface area contributed by atoms with Gasteiger partial charge in [-0.15, -0.1) is 0 Å². The SMILES string of the molecule is CC(=O)c1ccc(N2C(=O)[C@@H]3C(c4c(C)nn(C)c4C)=NO[C@@H]3C2=O)cc1. The summed E-state index contributed by atoms with van der Waals surface area (Å²) in [5, 5.41) is 8.40.